The van der Waals surface area contributed by atoms with Crippen LogP contribution < -0.4 is 10.5 Å². The van der Waals surface area contributed by atoms with Gasteiger partial charge < -0.3 is 10.5 Å². The highest BCUT2D eigenvalue weighted by Gasteiger charge is 2.16. The van der Waals surface area contributed by atoms with Crippen molar-refractivity contribution in [2.45, 2.75) is 26.3 Å². The van der Waals surface area contributed by atoms with Crippen LogP contribution in [0.2, 0.25) is 5.02 Å². The largest absolute Gasteiger partial charge is 0.496 e. The highest BCUT2D eigenvalue weighted by molar-refractivity contribution is 6.30. The van der Waals surface area contributed by atoms with Gasteiger partial charge in [-0.05, 0) is 55.2 Å². The van der Waals surface area contributed by atoms with E-state index in [1.165, 1.54) is 16.7 Å². The molecule has 2 aromatic rings. The number of aryl methyl sites for hydroxylation is 2. The highest BCUT2D eigenvalue weighted by Crippen LogP contribution is 2.30. The Labute approximate surface area is 125 Å². The fourth-order valence-electron chi connectivity index (χ4n) is 2.56. The molecule has 20 heavy (non-hydrogen) atoms. The molecule has 0 aliphatic rings. The van der Waals surface area contributed by atoms with Crippen LogP contribution in [0.4, 0.5) is 0 Å². The molecule has 106 valence electrons. The van der Waals surface area contributed by atoms with Gasteiger partial charge in [0, 0.05) is 16.6 Å². The molecule has 3 heteroatoms. The van der Waals surface area contributed by atoms with E-state index >= 15 is 0 Å². The zero-order valence-corrected chi connectivity index (χ0v) is 12.9. The van der Waals surface area contributed by atoms with Crippen LogP contribution in [0.5, 0.6) is 5.75 Å². The second-order valence-electron chi connectivity index (χ2n) is 5.13. The van der Waals surface area contributed by atoms with E-state index in [1.807, 2.05) is 30.3 Å². The Morgan fingerprint density at radius 3 is 2.40 bits per heavy atom. The van der Waals surface area contributed by atoms with Gasteiger partial charge in [0.15, 0.2) is 0 Å². The molecule has 2 rings (SSSR count). The minimum absolute atomic E-state index is 0.0910. The van der Waals surface area contributed by atoms with E-state index in [0.29, 0.717) is 0 Å². The van der Waals surface area contributed by atoms with Gasteiger partial charge in [-0.2, -0.15) is 0 Å². The first kappa shape index (κ1) is 14.9. The van der Waals surface area contributed by atoms with Gasteiger partial charge in [0.05, 0.1) is 7.11 Å². The normalized spacial score (nSPS) is 12.2. The van der Waals surface area contributed by atoms with Gasteiger partial charge >= 0.3 is 0 Å². The maximum absolute atomic E-state index is 6.38. The molecular weight excluding hydrogens is 270 g/mol. The van der Waals surface area contributed by atoms with E-state index in [-0.39, 0.29) is 6.04 Å². The summed E-state index contributed by atoms with van der Waals surface area (Å²) in [5, 5.41) is 0.742. The summed E-state index contributed by atoms with van der Waals surface area (Å²) in [6.45, 7) is 4.14. The standard InChI is InChI=1S/C17H20ClNO/c1-11-8-12(2)17(16(9-11)20-3)15(19)10-13-4-6-14(18)7-5-13/h4-9,15H,10,19H2,1-3H3. The number of hydrogen-bond donors (Lipinski definition) is 1. The Balaban J connectivity index is 2.29. The van der Waals surface area contributed by atoms with E-state index < -0.39 is 0 Å². The quantitative estimate of drug-likeness (QED) is 0.915. The van der Waals surface area contributed by atoms with Crippen molar-refractivity contribution in [3.05, 3.63) is 63.7 Å². The molecule has 0 amide bonds. The molecule has 0 bridgehead atoms. The fourth-order valence-corrected chi connectivity index (χ4v) is 2.69. The summed E-state index contributed by atoms with van der Waals surface area (Å²) in [7, 11) is 1.69. The lowest BCUT2D eigenvalue weighted by molar-refractivity contribution is 0.404. The average molecular weight is 290 g/mol. The van der Waals surface area contributed by atoms with E-state index in [2.05, 4.69) is 19.9 Å². The van der Waals surface area contributed by atoms with Crippen molar-refractivity contribution in [3.63, 3.8) is 0 Å². The highest BCUT2D eigenvalue weighted by atomic mass is 35.5. The van der Waals surface area contributed by atoms with Gasteiger partial charge in [-0.1, -0.05) is 29.8 Å². The monoisotopic (exact) mass is 289 g/mol. The van der Waals surface area contributed by atoms with Crippen LogP contribution in [0.25, 0.3) is 0 Å². The Hall–Kier alpha value is -1.51. The first-order chi connectivity index (χ1) is 9.51. The number of benzene rings is 2. The zero-order valence-electron chi connectivity index (χ0n) is 12.1. The van der Waals surface area contributed by atoms with Gasteiger partial charge in [0.25, 0.3) is 0 Å². The van der Waals surface area contributed by atoms with Crippen molar-refractivity contribution in [2.75, 3.05) is 7.11 Å². The Kier molecular flexibility index (Phi) is 4.69. The predicted octanol–water partition coefficient (Wildman–Crippen LogP) is 4.21. The molecule has 0 saturated heterocycles. The predicted molar refractivity (Wildman–Crippen MR) is 84.6 cm³/mol. The average Bonchev–Trinajstić information content (AvgIpc) is 2.40. The van der Waals surface area contributed by atoms with Gasteiger partial charge in [-0.15, -0.1) is 0 Å². The lowest BCUT2D eigenvalue weighted by atomic mass is 9.94. The van der Waals surface area contributed by atoms with Gasteiger partial charge in [-0.3, -0.25) is 0 Å². The Morgan fingerprint density at radius 2 is 1.80 bits per heavy atom. The maximum atomic E-state index is 6.38. The number of hydrogen-bond acceptors (Lipinski definition) is 2. The van der Waals surface area contributed by atoms with Crippen molar-refractivity contribution >= 4 is 11.6 Å². The smallest absolute Gasteiger partial charge is 0.124 e. The van der Waals surface area contributed by atoms with Crippen LogP contribution in [0, 0.1) is 13.8 Å². The third-order valence-electron chi connectivity index (χ3n) is 3.45. The van der Waals surface area contributed by atoms with Crippen LogP contribution in [0.3, 0.4) is 0 Å². The Morgan fingerprint density at radius 1 is 1.15 bits per heavy atom. The molecule has 0 spiro atoms. The molecule has 0 aliphatic carbocycles. The van der Waals surface area contributed by atoms with Crippen molar-refractivity contribution < 1.29 is 4.74 Å². The van der Waals surface area contributed by atoms with Crippen molar-refractivity contribution in [2.24, 2.45) is 5.73 Å². The third kappa shape index (κ3) is 3.33. The van der Waals surface area contributed by atoms with Crippen LogP contribution in [0.1, 0.15) is 28.3 Å². The van der Waals surface area contributed by atoms with Crippen LogP contribution in [0.15, 0.2) is 36.4 Å². The second-order valence-corrected chi connectivity index (χ2v) is 5.57. The Bertz CT molecular complexity index is 593. The lowest BCUT2D eigenvalue weighted by Gasteiger charge is -2.19. The summed E-state index contributed by atoms with van der Waals surface area (Å²) in [5.74, 6) is 0.865. The molecule has 2 nitrogen and oxygen atoms in total. The molecule has 1 unspecified atom stereocenters. The lowest BCUT2D eigenvalue weighted by Crippen LogP contribution is -2.16. The maximum Gasteiger partial charge on any atom is 0.124 e. The van der Waals surface area contributed by atoms with Crippen molar-refractivity contribution in [1.82, 2.24) is 0 Å². The molecular formula is C17H20ClNO. The second kappa shape index (κ2) is 6.29. The first-order valence-electron chi connectivity index (χ1n) is 6.66. The zero-order chi connectivity index (χ0) is 14.7. The SMILES string of the molecule is COc1cc(C)cc(C)c1C(N)Cc1ccc(Cl)cc1. The molecule has 0 heterocycles. The molecule has 0 aromatic heterocycles. The first-order valence-corrected chi connectivity index (χ1v) is 7.04. The van der Waals surface area contributed by atoms with Gasteiger partial charge in [0.2, 0.25) is 0 Å². The van der Waals surface area contributed by atoms with E-state index in [0.717, 1.165) is 22.8 Å². The third-order valence-corrected chi connectivity index (χ3v) is 3.70. The summed E-state index contributed by atoms with van der Waals surface area (Å²) in [5.41, 5.74) is 11.0. The summed E-state index contributed by atoms with van der Waals surface area (Å²) >= 11 is 5.90. The summed E-state index contributed by atoms with van der Waals surface area (Å²) in [6, 6.07) is 11.9. The van der Waals surface area contributed by atoms with Gasteiger partial charge in [-0.25, -0.2) is 0 Å². The van der Waals surface area contributed by atoms with Gasteiger partial charge in [0.1, 0.15) is 5.75 Å². The molecule has 0 saturated carbocycles. The molecule has 2 aromatic carbocycles. The number of ether oxygens (including phenoxy) is 1. The van der Waals surface area contributed by atoms with Crippen LogP contribution in [-0.2, 0) is 6.42 Å². The summed E-state index contributed by atoms with van der Waals surface area (Å²) < 4.78 is 5.48. The van der Waals surface area contributed by atoms with E-state index in [1.54, 1.807) is 7.11 Å². The number of nitrogens with two attached hydrogens (primary N) is 1. The van der Waals surface area contributed by atoms with Crippen molar-refractivity contribution in [3.8, 4) is 5.75 Å². The molecule has 2 N–H and O–H groups in total. The van der Waals surface area contributed by atoms with E-state index in [4.69, 9.17) is 22.1 Å². The number of rotatable bonds is 4. The molecule has 0 aliphatic heterocycles. The summed E-state index contributed by atoms with van der Waals surface area (Å²) in [4.78, 5) is 0. The number of methoxy groups -OCH3 is 1. The molecule has 1 atom stereocenters. The number of halogens is 1. The minimum Gasteiger partial charge on any atom is -0.496 e. The summed E-state index contributed by atoms with van der Waals surface area (Å²) in [6.07, 6.45) is 0.761. The van der Waals surface area contributed by atoms with Crippen LogP contribution >= 0.6 is 11.6 Å². The minimum atomic E-state index is -0.0910. The molecule has 0 radical (unpaired) electrons. The van der Waals surface area contributed by atoms with Crippen molar-refractivity contribution in [1.29, 1.82) is 0 Å². The topological polar surface area (TPSA) is 35.2 Å². The van der Waals surface area contributed by atoms with E-state index in [9.17, 15) is 0 Å². The van der Waals surface area contributed by atoms with Crippen LogP contribution in [-0.4, -0.2) is 7.11 Å². The fraction of sp³-hybridized carbons (Fsp3) is 0.294. The molecule has 0 fully saturated rings.